The van der Waals surface area contributed by atoms with Crippen LogP contribution < -0.4 is 5.32 Å². The molecule has 0 aromatic carbocycles. The van der Waals surface area contributed by atoms with Crippen LogP contribution in [-0.4, -0.2) is 12.5 Å². The van der Waals surface area contributed by atoms with E-state index in [0.29, 0.717) is 5.92 Å². The van der Waals surface area contributed by atoms with Gasteiger partial charge in [0.25, 0.3) is 0 Å². The lowest BCUT2D eigenvalue weighted by Gasteiger charge is -2.25. The van der Waals surface area contributed by atoms with Crippen LogP contribution in [0.15, 0.2) is 0 Å². The highest BCUT2D eigenvalue weighted by atomic mass is 16.2. The van der Waals surface area contributed by atoms with Crippen molar-refractivity contribution in [1.29, 1.82) is 0 Å². The Kier molecular flexibility index (Phi) is 3.09. The van der Waals surface area contributed by atoms with E-state index in [1.165, 1.54) is 38.5 Å². The summed E-state index contributed by atoms with van der Waals surface area (Å²) in [6, 6.07) is 0. The maximum atomic E-state index is 11.3. The van der Waals surface area contributed by atoms with Crippen LogP contribution in [0.2, 0.25) is 0 Å². The topological polar surface area (TPSA) is 29.1 Å². The fourth-order valence-corrected chi connectivity index (χ4v) is 2.92. The molecule has 80 valence electrons. The van der Waals surface area contributed by atoms with Gasteiger partial charge in [-0.2, -0.15) is 0 Å². The summed E-state index contributed by atoms with van der Waals surface area (Å²) in [6.45, 7) is 3.01. The molecule has 0 radical (unpaired) electrons. The van der Waals surface area contributed by atoms with Crippen LogP contribution in [0.1, 0.15) is 45.4 Å². The van der Waals surface area contributed by atoms with E-state index in [1.54, 1.807) is 0 Å². The van der Waals surface area contributed by atoms with Crippen LogP contribution >= 0.6 is 0 Å². The molecule has 0 aromatic heterocycles. The van der Waals surface area contributed by atoms with Crippen LogP contribution in [0.25, 0.3) is 0 Å². The lowest BCUT2D eigenvalue weighted by atomic mass is 9.80. The van der Waals surface area contributed by atoms with Gasteiger partial charge in [-0.25, -0.2) is 0 Å². The molecule has 1 aliphatic heterocycles. The number of amides is 1. The molecule has 0 bridgehead atoms. The van der Waals surface area contributed by atoms with Gasteiger partial charge >= 0.3 is 0 Å². The van der Waals surface area contributed by atoms with E-state index in [1.807, 2.05) is 0 Å². The van der Waals surface area contributed by atoms with Crippen molar-refractivity contribution in [3.8, 4) is 0 Å². The molecule has 2 rings (SSSR count). The van der Waals surface area contributed by atoms with Crippen molar-refractivity contribution < 1.29 is 4.79 Å². The Morgan fingerprint density at radius 3 is 2.57 bits per heavy atom. The minimum Gasteiger partial charge on any atom is -0.356 e. The van der Waals surface area contributed by atoms with Gasteiger partial charge in [-0.05, 0) is 18.3 Å². The van der Waals surface area contributed by atoms with Gasteiger partial charge in [0.1, 0.15) is 0 Å². The highest BCUT2D eigenvalue weighted by Crippen LogP contribution is 2.32. The summed E-state index contributed by atoms with van der Waals surface area (Å²) < 4.78 is 0. The van der Waals surface area contributed by atoms with Crippen LogP contribution in [0, 0.1) is 17.8 Å². The second-order valence-corrected chi connectivity index (χ2v) is 5.03. The predicted molar refractivity (Wildman–Crippen MR) is 56.9 cm³/mol. The van der Waals surface area contributed by atoms with Gasteiger partial charge in [0.15, 0.2) is 0 Å². The first-order chi connectivity index (χ1) is 6.77. The first-order valence-electron chi connectivity index (χ1n) is 6.05. The molecule has 0 aromatic rings. The normalized spacial score (nSPS) is 34.5. The standard InChI is InChI=1S/C12H21NO/c1-9-11(8-13-12(9)14)7-10-5-3-2-4-6-10/h9-11H,2-8H2,1H3,(H,13,14). The van der Waals surface area contributed by atoms with Crippen molar-refractivity contribution in [2.24, 2.45) is 17.8 Å². The van der Waals surface area contributed by atoms with Gasteiger partial charge in [0.2, 0.25) is 5.91 Å². The summed E-state index contributed by atoms with van der Waals surface area (Å²) >= 11 is 0. The Hall–Kier alpha value is -0.530. The summed E-state index contributed by atoms with van der Waals surface area (Å²) in [5.41, 5.74) is 0. The zero-order valence-corrected chi connectivity index (χ0v) is 9.09. The van der Waals surface area contributed by atoms with E-state index >= 15 is 0 Å². The second-order valence-electron chi connectivity index (χ2n) is 5.03. The lowest BCUT2D eigenvalue weighted by Crippen LogP contribution is -2.18. The third kappa shape index (κ3) is 2.10. The number of hydrogen-bond acceptors (Lipinski definition) is 1. The monoisotopic (exact) mass is 195 g/mol. The SMILES string of the molecule is CC1C(=O)NCC1CC1CCCCC1. The number of hydrogen-bond donors (Lipinski definition) is 1. The molecule has 2 fully saturated rings. The first kappa shape index (κ1) is 10.0. The molecular formula is C12H21NO. The van der Waals surface area contributed by atoms with Gasteiger partial charge in [0.05, 0.1) is 0 Å². The zero-order chi connectivity index (χ0) is 9.97. The van der Waals surface area contributed by atoms with E-state index < -0.39 is 0 Å². The average Bonchev–Trinajstić information content (AvgIpc) is 2.52. The van der Waals surface area contributed by atoms with Crippen molar-refractivity contribution >= 4 is 5.91 Å². The van der Waals surface area contributed by atoms with E-state index in [-0.39, 0.29) is 11.8 Å². The molecule has 2 nitrogen and oxygen atoms in total. The first-order valence-corrected chi connectivity index (χ1v) is 6.05. The minimum atomic E-state index is 0.261. The molecule has 1 saturated carbocycles. The molecule has 2 atom stereocenters. The Labute approximate surface area is 86.5 Å². The number of carbonyl (C=O) groups is 1. The van der Waals surface area contributed by atoms with Crippen LogP contribution in [-0.2, 0) is 4.79 Å². The summed E-state index contributed by atoms with van der Waals surface area (Å²) in [5.74, 6) is 2.05. The number of rotatable bonds is 2. The van der Waals surface area contributed by atoms with Crippen molar-refractivity contribution in [3.63, 3.8) is 0 Å². The largest absolute Gasteiger partial charge is 0.356 e. The van der Waals surface area contributed by atoms with E-state index in [4.69, 9.17) is 0 Å². The molecule has 2 aliphatic rings. The van der Waals surface area contributed by atoms with Crippen molar-refractivity contribution in [3.05, 3.63) is 0 Å². The molecule has 1 N–H and O–H groups in total. The highest BCUT2D eigenvalue weighted by molar-refractivity contribution is 5.80. The summed E-state index contributed by atoms with van der Waals surface area (Å²) in [6.07, 6.45) is 8.32. The molecular weight excluding hydrogens is 174 g/mol. The molecule has 1 aliphatic carbocycles. The molecule has 14 heavy (non-hydrogen) atoms. The van der Waals surface area contributed by atoms with E-state index in [2.05, 4.69) is 12.2 Å². The molecule has 0 spiro atoms. The van der Waals surface area contributed by atoms with Crippen LogP contribution in [0.5, 0.6) is 0 Å². The third-order valence-electron chi connectivity index (χ3n) is 4.02. The molecule has 1 amide bonds. The fraction of sp³-hybridized carbons (Fsp3) is 0.917. The quantitative estimate of drug-likeness (QED) is 0.720. The lowest BCUT2D eigenvalue weighted by molar-refractivity contribution is -0.122. The Balaban J connectivity index is 1.81. The van der Waals surface area contributed by atoms with Crippen molar-refractivity contribution in [2.45, 2.75) is 45.4 Å². The molecule has 1 heterocycles. The summed E-state index contributed by atoms with van der Waals surface area (Å²) in [4.78, 5) is 11.3. The van der Waals surface area contributed by atoms with Gasteiger partial charge < -0.3 is 5.32 Å². The van der Waals surface area contributed by atoms with E-state index in [0.717, 1.165) is 12.5 Å². The fourth-order valence-electron chi connectivity index (χ4n) is 2.92. The predicted octanol–water partition coefficient (Wildman–Crippen LogP) is 2.34. The zero-order valence-electron chi connectivity index (χ0n) is 9.09. The van der Waals surface area contributed by atoms with E-state index in [9.17, 15) is 4.79 Å². The Bertz CT molecular complexity index is 208. The Morgan fingerprint density at radius 1 is 1.29 bits per heavy atom. The van der Waals surface area contributed by atoms with Crippen LogP contribution in [0.3, 0.4) is 0 Å². The van der Waals surface area contributed by atoms with Gasteiger partial charge in [-0.1, -0.05) is 39.0 Å². The Morgan fingerprint density at radius 2 is 2.00 bits per heavy atom. The second kappa shape index (κ2) is 4.33. The van der Waals surface area contributed by atoms with Crippen LogP contribution in [0.4, 0.5) is 0 Å². The third-order valence-corrected chi connectivity index (χ3v) is 4.02. The maximum Gasteiger partial charge on any atom is 0.223 e. The maximum absolute atomic E-state index is 11.3. The minimum absolute atomic E-state index is 0.261. The van der Waals surface area contributed by atoms with Gasteiger partial charge in [-0.3, -0.25) is 4.79 Å². The molecule has 1 saturated heterocycles. The molecule has 2 unspecified atom stereocenters. The summed E-state index contributed by atoms with van der Waals surface area (Å²) in [5, 5.41) is 2.97. The van der Waals surface area contributed by atoms with Crippen molar-refractivity contribution in [2.75, 3.05) is 6.54 Å². The molecule has 2 heteroatoms. The average molecular weight is 195 g/mol. The van der Waals surface area contributed by atoms with Crippen molar-refractivity contribution in [1.82, 2.24) is 5.32 Å². The number of carbonyl (C=O) groups excluding carboxylic acids is 1. The highest BCUT2D eigenvalue weighted by Gasteiger charge is 2.32. The van der Waals surface area contributed by atoms with Gasteiger partial charge in [-0.15, -0.1) is 0 Å². The smallest absolute Gasteiger partial charge is 0.223 e. The summed E-state index contributed by atoms with van der Waals surface area (Å²) in [7, 11) is 0. The van der Waals surface area contributed by atoms with Gasteiger partial charge in [0, 0.05) is 12.5 Å². The number of nitrogens with one attached hydrogen (secondary N) is 1.